The maximum Gasteiger partial charge on any atom is 0.250 e. The molecule has 1 fully saturated rings. The van der Waals surface area contributed by atoms with Crippen molar-refractivity contribution in [1.29, 1.82) is 0 Å². The molecule has 1 aliphatic rings. The highest BCUT2D eigenvalue weighted by molar-refractivity contribution is 6.07. The van der Waals surface area contributed by atoms with E-state index in [1.54, 1.807) is 4.90 Å². The molecule has 0 bridgehead atoms. The summed E-state index contributed by atoms with van der Waals surface area (Å²) in [6.07, 6.45) is 0. The summed E-state index contributed by atoms with van der Waals surface area (Å²) in [7, 11) is 0. The zero-order valence-electron chi connectivity index (χ0n) is 11.9. The van der Waals surface area contributed by atoms with Crippen LogP contribution in [0.15, 0.2) is 18.2 Å². The first kappa shape index (κ1) is 13.6. The maximum absolute atomic E-state index is 12.5. The van der Waals surface area contributed by atoms with E-state index in [1.807, 2.05) is 45.9 Å². The van der Waals surface area contributed by atoms with Crippen LogP contribution in [-0.2, 0) is 9.59 Å². The van der Waals surface area contributed by atoms with E-state index in [-0.39, 0.29) is 24.3 Å². The second-order valence-corrected chi connectivity index (χ2v) is 5.43. The lowest BCUT2D eigenvalue weighted by molar-refractivity contribution is -0.132. The number of hydrogen-bond acceptors (Lipinski definition) is 2. The standard InChI is InChI=1S/C15H20N2O2/c1-9(2)14-15(19)17(8-13(18)16-14)12-7-5-6-10(3)11(12)4/h5-7,9,14H,8H2,1-4H3,(H,16,18). The molecule has 0 aromatic heterocycles. The van der Waals surface area contributed by atoms with Gasteiger partial charge >= 0.3 is 0 Å². The Labute approximate surface area is 113 Å². The van der Waals surface area contributed by atoms with Crippen LogP contribution in [0.2, 0.25) is 0 Å². The Kier molecular flexibility index (Phi) is 3.60. The van der Waals surface area contributed by atoms with Crippen LogP contribution >= 0.6 is 0 Å². The summed E-state index contributed by atoms with van der Waals surface area (Å²) in [5.74, 6) is -0.0353. The first-order valence-corrected chi connectivity index (χ1v) is 6.58. The van der Waals surface area contributed by atoms with Gasteiger partial charge in [-0.25, -0.2) is 0 Å². The molecule has 19 heavy (non-hydrogen) atoms. The van der Waals surface area contributed by atoms with Crippen LogP contribution in [0.4, 0.5) is 5.69 Å². The predicted molar refractivity (Wildman–Crippen MR) is 75.0 cm³/mol. The molecule has 102 valence electrons. The van der Waals surface area contributed by atoms with Gasteiger partial charge in [0.1, 0.15) is 12.6 Å². The number of carbonyl (C=O) groups is 2. The summed E-state index contributed by atoms with van der Waals surface area (Å²) < 4.78 is 0. The molecule has 1 atom stereocenters. The van der Waals surface area contributed by atoms with Crippen molar-refractivity contribution in [2.75, 3.05) is 11.4 Å². The van der Waals surface area contributed by atoms with E-state index in [2.05, 4.69) is 5.32 Å². The highest BCUT2D eigenvalue weighted by Gasteiger charge is 2.35. The van der Waals surface area contributed by atoms with Gasteiger partial charge in [-0.2, -0.15) is 0 Å². The van der Waals surface area contributed by atoms with Crippen molar-refractivity contribution in [1.82, 2.24) is 5.32 Å². The largest absolute Gasteiger partial charge is 0.342 e. The van der Waals surface area contributed by atoms with Gasteiger partial charge in [-0.1, -0.05) is 26.0 Å². The van der Waals surface area contributed by atoms with Crippen molar-refractivity contribution < 1.29 is 9.59 Å². The zero-order valence-corrected chi connectivity index (χ0v) is 11.9. The van der Waals surface area contributed by atoms with Gasteiger partial charge in [0.05, 0.1) is 0 Å². The van der Waals surface area contributed by atoms with Gasteiger partial charge < -0.3 is 10.2 Å². The van der Waals surface area contributed by atoms with Crippen molar-refractivity contribution in [3.05, 3.63) is 29.3 Å². The summed E-state index contributed by atoms with van der Waals surface area (Å²) in [5, 5.41) is 2.77. The quantitative estimate of drug-likeness (QED) is 0.881. The van der Waals surface area contributed by atoms with Crippen LogP contribution in [0.3, 0.4) is 0 Å². The minimum atomic E-state index is -0.429. The molecule has 1 aliphatic heterocycles. The van der Waals surface area contributed by atoms with Gasteiger partial charge in [-0.15, -0.1) is 0 Å². The Morgan fingerprint density at radius 1 is 1.26 bits per heavy atom. The van der Waals surface area contributed by atoms with Crippen LogP contribution in [0.5, 0.6) is 0 Å². The molecule has 1 heterocycles. The molecule has 1 unspecified atom stereocenters. The molecule has 1 aromatic carbocycles. The van der Waals surface area contributed by atoms with Crippen LogP contribution < -0.4 is 10.2 Å². The maximum atomic E-state index is 12.5. The van der Waals surface area contributed by atoms with E-state index in [0.29, 0.717) is 0 Å². The first-order chi connectivity index (χ1) is 8.91. The highest BCUT2D eigenvalue weighted by Crippen LogP contribution is 2.25. The average molecular weight is 260 g/mol. The molecule has 2 rings (SSSR count). The molecule has 0 saturated carbocycles. The Hall–Kier alpha value is -1.84. The number of anilines is 1. The van der Waals surface area contributed by atoms with E-state index in [4.69, 9.17) is 0 Å². The number of benzene rings is 1. The van der Waals surface area contributed by atoms with Crippen molar-refractivity contribution in [3.8, 4) is 0 Å². The minimum Gasteiger partial charge on any atom is -0.342 e. The van der Waals surface area contributed by atoms with E-state index in [1.165, 1.54) is 0 Å². The van der Waals surface area contributed by atoms with Gasteiger partial charge in [0, 0.05) is 5.69 Å². The fourth-order valence-electron chi connectivity index (χ4n) is 2.35. The SMILES string of the molecule is Cc1cccc(N2CC(=O)NC(C(C)C)C2=O)c1C. The van der Waals surface area contributed by atoms with Crippen LogP contribution in [0.1, 0.15) is 25.0 Å². The van der Waals surface area contributed by atoms with Gasteiger partial charge in [-0.05, 0) is 37.0 Å². The molecule has 2 amide bonds. The third kappa shape index (κ3) is 2.48. The molecular formula is C15H20N2O2. The molecule has 0 aliphatic carbocycles. The summed E-state index contributed by atoms with van der Waals surface area (Å²) in [5.41, 5.74) is 3.01. The molecule has 1 saturated heterocycles. The molecule has 4 heteroatoms. The highest BCUT2D eigenvalue weighted by atomic mass is 16.2. The number of rotatable bonds is 2. The van der Waals surface area contributed by atoms with Crippen molar-refractivity contribution >= 4 is 17.5 Å². The lowest BCUT2D eigenvalue weighted by Crippen LogP contribution is -2.60. The number of nitrogens with one attached hydrogen (secondary N) is 1. The molecule has 1 aromatic rings. The molecule has 0 radical (unpaired) electrons. The topological polar surface area (TPSA) is 49.4 Å². The van der Waals surface area contributed by atoms with E-state index < -0.39 is 6.04 Å². The van der Waals surface area contributed by atoms with Gasteiger partial charge in [0.2, 0.25) is 11.8 Å². The number of carbonyl (C=O) groups excluding carboxylic acids is 2. The molecule has 1 N–H and O–H groups in total. The smallest absolute Gasteiger partial charge is 0.250 e. The summed E-state index contributed by atoms with van der Waals surface area (Å²) in [6.45, 7) is 7.97. The predicted octanol–water partition coefficient (Wildman–Crippen LogP) is 1.79. The Bertz CT molecular complexity index is 523. The molecule has 0 spiro atoms. The summed E-state index contributed by atoms with van der Waals surface area (Å²) in [6, 6.07) is 5.40. The second kappa shape index (κ2) is 5.03. The number of nitrogens with zero attached hydrogens (tertiary/aromatic N) is 1. The van der Waals surface area contributed by atoms with Crippen LogP contribution in [0, 0.1) is 19.8 Å². The number of piperazine rings is 1. The lowest BCUT2D eigenvalue weighted by Gasteiger charge is -2.35. The zero-order chi connectivity index (χ0) is 14.2. The average Bonchev–Trinajstić information content (AvgIpc) is 2.35. The Balaban J connectivity index is 2.40. The van der Waals surface area contributed by atoms with E-state index in [9.17, 15) is 9.59 Å². The third-order valence-electron chi connectivity index (χ3n) is 3.68. The van der Waals surface area contributed by atoms with Crippen LogP contribution in [-0.4, -0.2) is 24.4 Å². The minimum absolute atomic E-state index is 0.0247. The number of hydrogen-bond donors (Lipinski definition) is 1. The van der Waals surface area contributed by atoms with Crippen LogP contribution in [0.25, 0.3) is 0 Å². The van der Waals surface area contributed by atoms with Gasteiger partial charge in [0.25, 0.3) is 0 Å². The summed E-state index contributed by atoms with van der Waals surface area (Å²) in [4.78, 5) is 25.9. The van der Waals surface area contributed by atoms with E-state index in [0.717, 1.165) is 16.8 Å². The second-order valence-electron chi connectivity index (χ2n) is 5.43. The fourth-order valence-corrected chi connectivity index (χ4v) is 2.35. The fraction of sp³-hybridized carbons (Fsp3) is 0.467. The van der Waals surface area contributed by atoms with E-state index >= 15 is 0 Å². The van der Waals surface area contributed by atoms with Crippen molar-refractivity contribution in [3.63, 3.8) is 0 Å². The monoisotopic (exact) mass is 260 g/mol. The van der Waals surface area contributed by atoms with Gasteiger partial charge in [0.15, 0.2) is 0 Å². The molecular weight excluding hydrogens is 240 g/mol. The first-order valence-electron chi connectivity index (χ1n) is 6.58. The normalized spacial score (nSPS) is 19.8. The summed E-state index contributed by atoms with van der Waals surface area (Å²) >= 11 is 0. The Morgan fingerprint density at radius 2 is 1.95 bits per heavy atom. The third-order valence-corrected chi connectivity index (χ3v) is 3.68. The van der Waals surface area contributed by atoms with Gasteiger partial charge in [-0.3, -0.25) is 9.59 Å². The van der Waals surface area contributed by atoms with Crippen molar-refractivity contribution in [2.24, 2.45) is 5.92 Å². The number of aryl methyl sites for hydroxylation is 1. The van der Waals surface area contributed by atoms with Crippen molar-refractivity contribution in [2.45, 2.75) is 33.7 Å². The lowest BCUT2D eigenvalue weighted by atomic mass is 9.99. The Morgan fingerprint density at radius 3 is 2.58 bits per heavy atom. The number of amides is 2. The molecule has 4 nitrogen and oxygen atoms in total.